The fourth-order valence-corrected chi connectivity index (χ4v) is 0.170. The molecule has 0 radical (unpaired) electrons. The Kier molecular flexibility index (Phi) is 4.62. The van der Waals surface area contributed by atoms with Gasteiger partial charge in [0.05, 0.1) is 6.26 Å². The minimum atomic E-state index is 0.389. The van der Waals surface area contributed by atoms with Gasteiger partial charge < -0.3 is 4.74 Å². The zero-order valence-corrected chi connectivity index (χ0v) is 4.42. The molecule has 0 amide bonds. The number of rotatable bonds is 3. The lowest BCUT2D eigenvalue weighted by Gasteiger charge is -1.88. The lowest BCUT2D eigenvalue weighted by Crippen LogP contribution is -1.78. The van der Waals surface area contributed by atoms with Crippen LogP contribution in [-0.4, -0.2) is 12.9 Å². The first-order valence-corrected chi connectivity index (χ1v) is 2.08. The second-order valence-corrected chi connectivity index (χ2v) is 0.903. The summed E-state index contributed by atoms with van der Waals surface area (Å²) in [6.07, 6.45) is 3.05. The van der Waals surface area contributed by atoms with Gasteiger partial charge in [-0.2, -0.15) is 0 Å². The summed E-state index contributed by atoms with van der Waals surface area (Å²) in [6, 6.07) is 0. The molecule has 2 nitrogen and oxygen atoms in total. The quantitative estimate of drug-likeness (QED) is 0.296. The van der Waals surface area contributed by atoms with E-state index in [0.717, 1.165) is 0 Å². The smallest absolute Gasteiger partial charge is 0.177 e. The third-order valence-corrected chi connectivity index (χ3v) is 0.449. The van der Waals surface area contributed by atoms with E-state index in [2.05, 4.69) is 16.3 Å². The van der Waals surface area contributed by atoms with Crippen LogP contribution >= 0.6 is 0 Å². The molecule has 0 spiro atoms. The van der Waals surface area contributed by atoms with Crippen molar-refractivity contribution in [3.8, 4) is 0 Å². The molecule has 0 aliphatic heterocycles. The van der Waals surface area contributed by atoms with E-state index in [1.807, 2.05) is 6.92 Å². The molecule has 0 aliphatic rings. The van der Waals surface area contributed by atoms with Crippen LogP contribution in [0.1, 0.15) is 6.92 Å². The molecular formula is C5H9NO. The summed E-state index contributed by atoms with van der Waals surface area (Å²) >= 11 is 0. The predicted molar refractivity (Wildman–Crippen MR) is 30.3 cm³/mol. The van der Waals surface area contributed by atoms with Gasteiger partial charge in [0, 0.05) is 0 Å². The van der Waals surface area contributed by atoms with Crippen LogP contribution in [0.2, 0.25) is 0 Å². The number of aliphatic imine (C=N–C) groups is 1. The standard InChI is InChI=1S/C5H9NO/c1-3-6-5-7-4-2/h3-4H,2,5H2,1H3/b6-3-. The van der Waals surface area contributed by atoms with E-state index in [4.69, 9.17) is 0 Å². The summed E-state index contributed by atoms with van der Waals surface area (Å²) in [4.78, 5) is 3.74. The Morgan fingerprint density at radius 1 is 1.86 bits per heavy atom. The van der Waals surface area contributed by atoms with Crippen LogP contribution in [-0.2, 0) is 4.74 Å². The van der Waals surface area contributed by atoms with Crippen molar-refractivity contribution in [1.82, 2.24) is 0 Å². The topological polar surface area (TPSA) is 21.6 Å². The second kappa shape index (κ2) is 5.21. The monoisotopic (exact) mass is 99.1 g/mol. The van der Waals surface area contributed by atoms with Crippen molar-refractivity contribution < 1.29 is 4.74 Å². The first-order valence-electron chi connectivity index (χ1n) is 2.08. The van der Waals surface area contributed by atoms with Crippen LogP contribution in [0.25, 0.3) is 0 Å². The van der Waals surface area contributed by atoms with Gasteiger partial charge in [-0.15, -0.1) is 0 Å². The fraction of sp³-hybridized carbons (Fsp3) is 0.400. The van der Waals surface area contributed by atoms with E-state index in [-0.39, 0.29) is 0 Å². The maximum Gasteiger partial charge on any atom is 0.177 e. The minimum Gasteiger partial charge on any atom is -0.480 e. The molecule has 0 unspecified atom stereocenters. The van der Waals surface area contributed by atoms with Crippen LogP contribution in [0.15, 0.2) is 17.8 Å². The Labute approximate surface area is 43.5 Å². The average Bonchev–Trinajstić information content (AvgIpc) is 1.69. The molecule has 0 bridgehead atoms. The molecule has 0 fully saturated rings. The van der Waals surface area contributed by atoms with E-state index in [1.165, 1.54) is 6.26 Å². The fourth-order valence-electron chi connectivity index (χ4n) is 0.170. The van der Waals surface area contributed by atoms with Crippen LogP contribution in [0, 0.1) is 0 Å². The highest BCUT2D eigenvalue weighted by atomic mass is 16.5. The van der Waals surface area contributed by atoms with Crippen LogP contribution in [0.3, 0.4) is 0 Å². The zero-order valence-electron chi connectivity index (χ0n) is 4.42. The van der Waals surface area contributed by atoms with Gasteiger partial charge in [-0.25, -0.2) is 0 Å². The van der Waals surface area contributed by atoms with Crippen molar-refractivity contribution in [1.29, 1.82) is 0 Å². The Morgan fingerprint density at radius 3 is 3.00 bits per heavy atom. The number of hydrogen-bond donors (Lipinski definition) is 0. The van der Waals surface area contributed by atoms with Gasteiger partial charge in [0.2, 0.25) is 0 Å². The molecule has 0 saturated heterocycles. The van der Waals surface area contributed by atoms with E-state index in [1.54, 1.807) is 6.21 Å². The van der Waals surface area contributed by atoms with E-state index in [9.17, 15) is 0 Å². The number of hydrogen-bond acceptors (Lipinski definition) is 2. The molecule has 2 heteroatoms. The van der Waals surface area contributed by atoms with E-state index >= 15 is 0 Å². The largest absolute Gasteiger partial charge is 0.480 e. The highest BCUT2D eigenvalue weighted by molar-refractivity contribution is 5.52. The molecule has 0 N–H and O–H groups in total. The van der Waals surface area contributed by atoms with Gasteiger partial charge in [0.1, 0.15) is 0 Å². The molecule has 0 saturated carbocycles. The SMILES string of the molecule is C=COC/N=C\C. The highest BCUT2D eigenvalue weighted by Crippen LogP contribution is 1.71. The van der Waals surface area contributed by atoms with Gasteiger partial charge in [-0.3, -0.25) is 4.99 Å². The van der Waals surface area contributed by atoms with Crippen molar-refractivity contribution in [3.05, 3.63) is 12.8 Å². The van der Waals surface area contributed by atoms with E-state index < -0.39 is 0 Å². The van der Waals surface area contributed by atoms with Crippen molar-refractivity contribution in [2.24, 2.45) is 4.99 Å². The lowest BCUT2D eigenvalue weighted by molar-refractivity contribution is 0.263. The first kappa shape index (κ1) is 6.21. The average molecular weight is 99.1 g/mol. The third kappa shape index (κ3) is 5.21. The summed E-state index contributed by atoms with van der Waals surface area (Å²) in [5, 5.41) is 0. The maximum atomic E-state index is 4.64. The van der Waals surface area contributed by atoms with Gasteiger partial charge in [-0.1, -0.05) is 6.58 Å². The van der Waals surface area contributed by atoms with Crippen molar-refractivity contribution >= 4 is 6.21 Å². The first-order chi connectivity index (χ1) is 3.41. The molecule has 0 atom stereocenters. The Hall–Kier alpha value is -0.790. The van der Waals surface area contributed by atoms with Crippen LogP contribution in [0.5, 0.6) is 0 Å². The molecule has 40 valence electrons. The zero-order chi connectivity index (χ0) is 5.54. The molecule has 0 aliphatic carbocycles. The Balaban J connectivity index is 2.82. The second-order valence-electron chi connectivity index (χ2n) is 0.903. The predicted octanol–water partition coefficient (Wildman–Crippen LogP) is 1.19. The van der Waals surface area contributed by atoms with Crippen molar-refractivity contribution in [2.45, 2.75) is 6.92 Å². The normalized spacial score (nSPS) is 9.29. The Morgan fingerprint density at radius 2 is 2.57 bits per heavy atom. The summed E-state index contributed by atoms with van der Waals surface area (Å²) < 4.78 is 4.64. The minimum absolute atomic E-state index is 0.389. The molecule has 7 heavy (non-hydrogen) atoms. The summed E-state index contributed by atoms with van der Waals surface area (Å²) in [6.45, 7) is 5.56. The van der Waals surface area contributed by atoms with E-state index in [0.29, 0.717) is 6.73 Å². The summed E-state index contributed by atoms with van der Waals surface area (Å²) in [7, 11) is 0. The third-order valence-electron chi connectivity index (χ3n) is 0.449. The Bertz CT molecular complexity index is 68.5. The lowest BCUT2D eigenvalue weighted by atomic mass is 10.9. The van der Waals surface area contributed by atoms with Gasteiger partial charge >= 0.3 is 0 Å². The molecular weight excluding hydrogens is 90.1 g/mol. The van der Waals surface area contributed by atoms with Gasteiger partial charge in [0.15, 0.2) is 6.73 Å². The van der Waals surface area contributed by atoms with Crippen molar-refractivity contribution in [3.63, 3.8) is 0 Å². The molecule has 0 aromatic heterocycles. The molecule has 0 heterocycles. The summed E-state index contributed by atoms with van der Waals surface area (Å²) in [5.74, 6) is 0. The van der Waals surface area contributed by atoms with Crippen LogP contribution < -0.4 is 0 Å². The molecule has 0 rings (SSSR count). The molecule has 0 aromatic rings. The highest BCUT2D eigenvalue weighted by Gasteiger charge is 1.64. The van der Waals surface area contributed by atoms with Crippen LogP contribution in [0.4, 0.5) is 0 Å². The van der Waals surface area contributed by atoms with Gasteiger partial charge in [0.25, 0.3) is 0 Å². The number of ether oxygens (including phenoxy) is 1. The molecule has 0 aromatic carbocycles. The maximum absolute atomic E-state index is 4.64. The summed E-state index contributed by atoms with van der Waals surface area (Å²) in [5.41, 5.74) is 0. The van der Waals surface area contributed by atoms with Crippen molar-refractivity contribution in [2.75, 3.05) is 6.73 Å². The van der Waals surface area contributed by atoms with Gasteiger partial charge in [-0.05, 0) is 13.1 Å². The number of nitrogens with zero attached hydrogens (tertiary/aromatic N) is 1.